The van der Waals surface area contributed by atoms with Crippen molar-refractivity contribution >= 4 is 17.7 Å². The first kappa shape index (κ1) is 22.5. The van der Waals surface area contributed by atoms with Crippen molar-refractivity contribution in [3.05, 3.63) is 59.2 Å². The molecule has 1 N–H and O–H groups in total. The van der Waals surface area contributed by atoms with Gasteiger partial charge in [-0.15, -0.1) is 0 Å². The lowest BCUT2D eigenvalue weighted by Gasteiger charge is -2.19. The number of para-hydroxylation sites is 1. The first-order valence-electron chi connectivity index (χ1n) is 10.4. The summed E-state index contributed by atoms with van der Waals surface area (Å²) in [5.74, 6) is 1.90. The second kappa shape index (κ2) is 10.7. The molecule has 0 spiro atoms. The minimum atomic E-state index is -0.146. The minimum absolute atomic E-state index is 0.146. The van der Waals surface area contributed by atoms with Crippen LogP contribution in [0.4, 0.5) is 5.69 Å². The summed E-state index contributed by atoms with van der Waals surface area (Å²) in [6.45, 7) is 13.6. The smallest absolute Gasteiger partial charge is 0.248 e. The van der Waals surface area contributed by atoms with Crippen molar-refractivity contribution in [1.82, 2.24) is 0 Å². The summed E-state index contributed by atoms with van der Waals surface area (Å²) in [6, 6.07) is 11.9. The second-order valence-corrected chi connectivity index (χ2v) is 7.52. The first-order valence-corrected chi connectivity index (χ1v) is 10.4. The molecule has 0 aliphatic carbocycles. The molecule has 0 radical (unpaired) electrons. The Bertz CT molecular complexity index is 827. The highest BCUT2D eigenvalue weighted by Crippen LogP contribution is 2.32. The van der Waals surface area contributed by atoms with E-state index in [1.54, 1.807) is 12.2 Å². The van der Waals surface area contributed by atoms with Crippen LogP contribution in [0.5, 0.6) is 11.5 Å². The molecule has 0 fully saturated rings. The molecule has 0 saturated carbocycles. The van der Waals surface area contributed by atoms with Crippen molar-refractivity contribution in [2.75, 3.05) is 18.5 Å². The highest BCUT2D eigenvalue weighted by atomic mass is 16.5. The van der Waals surface area contributed by atoms with E-state index < -0.39 is 0 Å². The van der Waals surface area contributed by atoms with E-state index in [1.165, 1.54) is 0 Å². The first-order chi connectivity index (χ1) is 13.9. The number of hydrogen-bond donors (Lipinski definition) is 1. The molecule has 2 rings (SSSR count). The number of amides is 1. The fourth-order valence-electron chi connectivity index (χ4n) is 3.20. The Morgan fingerprint density at radius 2 is 1.52 bits per heavy atom. The van der Waals surface area contributed by atoms with Crippen molar-refractivity contribution in [1.29, 1.82) is 0 Å². The predicted octanol–water partition coefficient (Wildman–Crippen LogP) is 6.38. The number of carbonyl (C=O) groups excluding carboxylic acids is 1. The van der Waals surface area contributed by atoms with Gasteiger partial charge in [-0.2, -0.15) is 0 Å². The van der Waals surface area contributed by atoms with Crippen molar-refractivity contribution in [2.45, 2.75) is 53.4 Å². The number of anilines is 1. The molecule has 2 aromatic carbocycles. The van der Waals surface area contributed by atoms with Gasteiger partial charge in [0.25, 0.3) is 0 Å². The third-order valence-corrected chi connectivity index (χ3v) is 4.62. The van der Waals surface area contributed by atoms with E-state index in [4.69, 9.17) is 9.47 Å². The summed E-state index contributed by atoms with van der Waals surface area (Å²) in [7, 11) is 0. The van der Waals surface area contributed by atoms with Crippen molar-refractivity contribution in [3.8, 4) is 11.5 Å². The van der Waals surface area contributed by atoms with Crippen LogP contribution in [0.1, 0.15) is 70.1 Å². The minimum Gasteiger partial charge on any atom is -0.490 e. The Morgan fingerprint density at radius 3 is 2.07 bits per heavy atom. The number of hydrogen-bond acceptors (Lipinski definition) is 3. The third kappa shape index (κ3) is 6.11. The summed E-state index contributed by atoms with van der Waals surface area (Å²) in [5.41, 5.74) is 4.11. The summed E-state index contributed by atoms with van der Waals surface area (Å²) in [4.78, 5) is 12.7. The zero-order valence-corrected chi connectivity index (χ0v) is 18.4. The van der Waals surface area contributed by atoms with Gasteiger partial charge in [-0.25, -0.2) is 0 Å². The number of ether oxygens (including phenoxy) is 2. The molecule has 1 amide bonds. The van der Waals surface area contributed by atoms with Gasteiger partial charge in [0.2, 0.25) is 5.91 Å². The zero-order chi connectivity index (χ0) is 21.4. The van der Waals surface area contributed by atoms with Gasteiger partial charge < -0.3 is 14.8 Å². The Hall–Kier alpha value is -2.75. The molecular weight excluding hydrogens is 362 g/mol. The molecule has 4 nitrogen and oxygen atoms in total. The molecule has 0 unspecified atom stereocenters. The molecule has 0 saturated heterocycles. The van der Waals surface area contributed by atoms with Crippen molar-refractivity contribution in [2.24, 2.45) is 0 Å². The summed E-state index contributed by atoms with van der Waals surface area (Å²) in [6.07, 6.45) is 3.35. The van der Waals surface area contributed by atoms with E-state index >= 15 is 0 Å². The van der Waals surface area contributed by atoms with Gasteiger partial charge in [0, 0.05) is 11.8 Å². The third-order valence-electron chi connectivity index (χ3n) is 4.62. The molecule has 156 valence electrons. The van der Waals surface area contributed by atoms with E-state index in [1.807, 2.05) is 32.0 Å². The fourth-order valence-corrected chi connectivity index (χ4v) is 3.20. The normalized spacial score (nSPS) is 11.3. The Morgan fingerprint density at radius 1 is 0.931 bits per heavy atom. The van der Waals surface area contributed by atoms with E-state index in [9.17, 15) is 4.79 Å². The lowest BCUT2D eigenvalue weighted by molar-refractivity contribution is -0.111. The van der Waals surface area contributed by atoms with Crippen LogP contribution in [0.3, 0.4) is 0 Å². The van der Waals surface area contributed by atoms with Crippen LogP contribution in [-0.2, 0) is 4.79 Å². The number of nitrogens with one attached hydrogen (secondary N) is 1. The Kier molecular flexibility index (Phi) is 8.32. The van der Waals surface area contributed by atoms with Crippen LogP contribution in [0.25, 0.3) is 6.08 Å². The average Bonchev–Trinajstić information content (AvgIpc) is 2.68. The van der Waals surface area contributed by atoms with Crippen LogP contribution in [-0.4, -0.2) is 19.1 Å². The number of carbonyl (C=O) groups is 1. The van der Waals surface area contributed by atoms with Crippen molar-refractivity contribution < 1.29 is 14.3 Å². The maximum atomic E-state index is 12.7. The highest BCUT2D eigenvalue weighted by molar-refractivity contribution is 6.03. The molecule has 0 bridgehead atoms. The lowest BCUT2D eigenvalue weighted by atomic mass is 9.92. The monoisotopic (exact) mass is 395 g/mol. The molecule has 2 aromatic rings. The van der Waals surface area contributed by atoms with Crippen LogP contribution >= 0.6 is 0 Å². The quantitative estimate of drug-likeness (QED) is 0.501. The second-order valence-electron chi connectivity index (χ2n) is 7.52. The Balaban J connectivity index is 2.23. The van der Waals surface area contributed by atoms with E-state index in [2.05, 4.69) is 51.2 Å². The SMILES string of the molecule is CCOc1ccc(/C=C/C(=O)Nc2c(C(C)C)cccc2C(C)C)cc1OCC. The molecular formula is C25H33NO3. The molecule has 0 aliphatic heterocycles. The fraction of sp³-hybridized carbons (Fsp3) is 0.400. The number of benzene rings is 2. The Labute approximate surface area is 174 Å². The van der Waals surface area contributed by atoms with Gasteiger partial charge in [0.1, 0.15) is 0 Å². The van der Waals surface area contributed by atoms with Gasteiger partial charge in [-0.05, 0) is 60.6 Å². The van der Waals surface area contributed by atoms with E-state index in [0.717, 1.165) is 22.4 Å². The van der Waals surface area contributed by atoms with Crippen LogP contribution in [0, 0.1) is 0 Å². The summed E-state index contributed by atoms with van der Waals surface area (Å²) >= 11 is 0. The van der Waals surface area contributed by atoms with Gasteiger partial charge in [-0.3, -0.25) is 4.79 Å². The van der Waals surface area contributed by atoms with Crippen molar-refractivity contribution in [3.63, 3.8) is 0 Å². The van der Waals surface area contributed by atoms with Crippen LogP contribution in [0.15, 0.2) is 42.5 Å². The molecule has 0 heterocycles. The predicted molar refractivity (Wildman–Crippen MR) is 121 cm³/mol. The van der Waals surface area contributed by atoms with Gasteiger partial charge in [-0.1, -0.05) is 52.0 Å². The maximum absolute atomic E-state index is 12.7. The molecule has 0 atom stereocenters. The van der Waals surface area contributed by atoms with Gasteiger partial charge in [0.05, 0.1) is 13.2 Å². The molecule has 0 aliphatic rings. The summed E-state index contributed by atoms with van der Waals surface area (Å²) < 4.78 is 11.2. The van der Waals surface area contributed by atoms with Gasteiger partial charge >= 0.3 is 0 Å². The molecule has 4 heteroatoms. The van der Waals surface area contributed by atoms with E-state index in [-0.39, 0.29) is 5.91 Å². The van der Waals surface area contributed by atoms with E-state index in [0.29, 0.717) is 36.5 Å². The highest BCUT2D eigenvalue weighted by Gasteiger charge is 2.15. The van der Waals surface area contributed by atoms with Gasteiger partial charge in [0.15, 0.2) is 11.5 Å². The van der Waals surface area contributed by atoms with Crippen LogP contribution < -0.4 is 14.8 Å². The average molecular weight is 396 g/mol. The standard InChI is InChI=1S/C25H33NO3/c1-7-28-22-14-12-19(16-23(22)29-8-2)13-15-24(27)26-25-20(17(3)4)10-9-11-21(25)18(5)6/h9-18H,7-8H2,1-6H3,(H,26,27)/b15-13+. The maximum Gasteiger partial charge on any atom is 0.248 e. The largest absolute Gasteiger partial charge is 0.490 e. The topological polar surface area (TPSA) is 47.6 Å². The number of rotatable bonds is 9. The summed E-state index contributed by atoms with van der Waals surface area (Å²) in [5, 5.41) is 3.10. The van der Waals surface area contributed by atoms with Crippen LogP contribution in [0.2, 0.25) is 0 Å². The molecule has 29 heavy (non-hydrogen) atoms. The lowest BCUT2D eigenvalue weighted by Crippen LogP contribution is -2.13. The molecule has 0 aromatic heterocycles. The zero-order valence-electron chi connectivity index (χ0n) is 18.4.